The molecule has 0 aliphatic rings. The molecule has 1 unspecified atom stereocenters. The van der Waals surface area contributed by atoms with Gasteiger partial charge in [0.15, 0.2) is 0 Å². The molecule has 0 amide bonds. The molecule has 2 aromatic rings. The predicted molar refractivity (Wildman–Crippen MR) is 70.9 cm³/mol. The molecule has 18 heavy (non-hydrogen) atoms. The van der Waals surface area contributed by atoms with Crippen molar-refractivity contribution < 1.29 is 9.18 Å². The minimum atomic E-state index is -0.227. The Morgan fingerprint density at radius 1 is 1.00 bits per heavy atom. The summed E-state index contributed by atoms with van der Waals surface area (Å²) in [5.74, 6) is 0.0137. The van der Waals surface area contributed by atoms with E-state index in [2.05, 4.69) is 0 Å². The minimum absolute atomic E-state index is 0.227. The molecule has 0 saturated carbocycles. The van der Waals surface area contributed by atoms with E-state index in [0.29, 0.717) is 6.42 Å². The first-order valence-electron chi connectivity index (χ1n) is 6.00. The third-order valence-corrected chi connectivity index (χ3v) is 3.11. The van der Waals surface area contributed by atoms with Crippen LogP contribution < -0.4 is 0 Å². The van der Waals surface area contributed by atoms with Gasteiger partial charge in [-0.25, -0.2) is 4.39 Å². The third kappa shape index (κ3) is 2.83. The highest BCUT2D eigenvalue weighted by Crippen LogP contribution is 2.24. The zero-order valence-corrected chi connectivity index (χ0v) is 10.3. The van der Waals surface area contributed by atoms with Crippen LogP contribution >= 0.6 is 0 Å². The van der Waals surface area contributed by atoms with E-state index in [1.54, 1.807) is 12.1 Å². The van der Waals surface area contributed by atoms with Crippen LogP contribution in [0.3, 0.4) is 0 Å². The van der Waals surface area contributed by atoms with Crippen LogP contribution in [0.1, 0.15) is 24.8 Å². The summed E-state index contributed by atoms with van der Waals surface area (Å²) in [6, 6.07) is 14.5. The second-order valence-corrected chi connectivity index (χ2v) is 4.43. The standard InChI is InChI=1S/C16H15FO/c1-12(10-11-18)13-2-4-14(5-3-13)15-6-8-16(17)9-7-15/h2-9,11-12H,10H2,1H3. The van der Waals surface area contributed by atoms with Crippen molar-refractivity contribution in [2.24, 2.45) is 0 Å². The number of hydrogen-bond donors (Lipinski definition) is 0. The molecule has 0 aliphatic carbocycles. The first-order valence-corrected chi connectivity index (χ1v) is 6.00. The van der Waals surface area contributed by atoms with Crippen molar-refractivity contribution >= 4 is 6.29 Å². The normalized spacial score (nSPS) is 12.1. The van der Waals surface area contributed by atoms with E-state index in [-0.39, 0.29) is 11.7 Å². The number of hydrogen-bond acceptors (Lipinski definition) is 1. The summed E-state index contributed by atoms with van der Waals surface area (Å²) in [4.78, 5) is 10.5. The van der Waals surface area contributed by atoms with Gasteiger partial charge in [-0.1, -0.05) is 43.3 Å². The van der Waals surface area contributed by atoms with Crippen molar-refractivity contribution in [3.05, 3.63) is 59.9 Å². The molecule has 0 saturated heterocycles. The van der Waals surface area contributed by atoms with Gasteiger partial charge in [0.1, 0.15) is 12.1 Å². The van der Waals surface area contributed by atoms with Crippen molar-refractivity contribution in [2.45, 2.75) is 19.3 Å². The van der Waals surface area contributed by atoms with Crippen LogP contribution in [0.5, 0.6) is 0 Å². The monoisotopic (exact) mass is 242 g/mol. The van der Waals surface area contributed by atoms with E-state index < -0.39 is 0 Å². The van der Waals surface area contributed by atoms with Crippen LogP contribution in [0.2, 0.25) is 0 Å². The van der Waals surface area contributed by atoms with Crippen molar-refractivity contribution in [2.75, 3.05) is 0 Å². The fourth-order valence-electron chi connectivity index (χ4n) is 1.93. The van der Waals surface area contributed by atoms with Crippen LogP contribution in [-0.4, -0.2) is 6.29 Å². The highest BCUT2D eigenvalue weighted by Gasteiger charge is 2.05. The van der Waals surface area contributed by atoms with Gasteiger partial charge in [0.25, 0.3) is 0 Å². The van der Waals surface area contributed by atoms with E-state index >= 15 is 0 Å². The van der Waals surface area contributed by atoms with Crippen molar-refractivity contribution in [3.8, 4) is 11.1 Å². The van der Waals surface area contributed by atoms with Crippen LogP contribution in [0, 0.1) is 5.82 Å². The van der Waals surface area contributed by atoms with Crippen molar-refractivity contribution in [1.82, 2.24) is 0 Å². The SMILES string of the molecule is CC(CC=O)c1ccc(-c2ccc(F)cc2)cc1. The lowest BCUT2D eigenvalue weighted by molar-refractivity contribution is -0.108. The molecule has 0 fully saturated rings. The van der Waals surface area contributed by atoms with E-state index in [4.69, 9.17) is 0 Å². The highest BCUT2D eigenvalue weighted by molar-refractivity contribution is 5.63. The molecule has 0 heterocycles. The van der Waals surface area contributed by atoms with Gasteiger partial charge < -0.3 is 4.79 Å². The Labute approximate surface area is 106 Å². The van der Waals surface area contributed by atoms with Gasteiger partial charge in [-0.15, -0.1) is 0 Å². The largest absolute Gasteiger partial charge is 0.303 e. The Hall–Kier alpha value is -1.96. The molecule has 2 rings (SSSR count). The summed E-state index contributed by atoms with van der Waals surface area (Å²) in [5.41, 5.74) is 3.19. The summed E-state index contributed by atoms with van der Waals surface area (Å²) in [5, 5.41) is 0. The van der Waals surface area contributed by atoms with Gasteiger partial charge in [-0.2, -0.15) is 0 Å². The number of aldehydes is 1. The highest BCUT2D eigenvalue weighted by atomic mass is 19.1. The summed E-state index contributed by atoms with van der Waals surface area (Å²) < 4.78 is 12.8. The fraction of sp³-hybridized carbons (Fsp3) is 0.188. The lowest BCUT2D eigenvalue weighted by Crippen LogP contribution is -1.93. The molecule has 0 radical (unpaired) electrons. The lowest BCUT2D eigenvalue weighted by Gasteiger charge is -2.09. The second-order valence-electron chi connectivity index (χ2n) is 4.43. The zero-order valence-electron chi connectivity index (χ0n) is 10.3. The molecule has 0 N–H and O–H groups in total. The van der Waals surface area contributed by atoms with Crippen LogP contribution in [0.4, 0.5) is 4.39 Å². The third-order valence-electron chi connectivity index (χ3n) is 3.11. The van der Waals surface area contributed by atoms with Gasteiger partial charge in [0.05, 0.1) is 0 Å². The summed E-state index contributed by atoms with van der Waals surface area (Å²) in [7, 11) is 0. The molecule has 1 atom stereocenters. The number of rotatable bonds is 4. The lowest BCUT2D eigenvalue weighted by atomic mass is 9.96. The maximum absolute atomic E-state index is 12.8. The Morgan fingerprint density at radius 2 is 1.50 bits per heavy atom. The summed E-state index contributed by atoms with van der Waals surface area (Å²) in [6.07, 6.45) is 1.48. The van der Waals surface area contributed by atoms with Crippen LogP contribution in [0.15, 0.2) is 48.5 Å². The topological polar surface area (TPSA) is 17.1 Å². The molecule has 0 aliphatic heterocycles. The predicted octanol–water partition coefficient (Wildman–Crippen LogP) is 4.19. The van der Waals surface area contributed by atoms with Crippen LogP contribution in [-0.2, 0) is 4.79 Å². The van der Waals surface area contributed by atoms with E-state index in [9.17, 15) is 9.18 Å². The zero-order chi connectivity index (χ0) is 13.0. The van der Waals surface area contributed by atoms with Crippen molar-refractivity contribution in [1.29, 1.82) is 0 Å². The Kier molecular flexibility index (Phi) is 3.88. The molecule has 0 bridgehead atoms. The maximum Gasteiger partial charge on any atom is 0.123 e. The Bertz CT molecular complexity index is 514. The number of carbonyl (C=O) groups excluding carboxylic acids is 1. The van der Waals surface area contributed by atoms with E-state index in [0.717, 1.165) is 23.0 Å². The molecular formula is C16H15FO. The average Bonchev–Trinajstić information content (AvgIpc) is 2.40. The van der Waals surface area contributed by atoms with E-state index in [1.807, 2.05) is 31.2 Å². The Balaban J connectivity index is 2.21. The van der Waals surface area contributed by atoms with E-state index in [1.165, 1.54) is 12.1 Å². The van der Waals surface area contributed by atoms with Gasteiger partial charge in [-0.05, 0) is 34.7 Å². The minimum Gasteiger partial charge on any atom is -0.303 e. The van der Waals surface area contributed by atoms with Gasteiger partial charge >= 0.3 is 0 Å². The fourth-order valence-corrected chi connectivity index (χ4v) is 1.93. The average molecular weight is 242 g/mol. The first kappa shape index (κ1) is 12.5. The van der Waals surface area contributed by atoms with Gasteiger partial charge in [0, 0.05) is 6.42 Å². The first-order chi connectivity index (χ1) is 8.70. The molecule has 1 nitrogen and oxygen atoms in total. The molecule has 0 spiro atoms. The molecular weight excluding hydrogens is 227 g/mol. The molecule has 2 aromatic carbocycles. The maximum atomic E-state index is 12.8. The van der Waals surface area contributed by atoms with Crippen LogP contribution in [0.25, 0.3) is 11.1 Å². The quantitative estimate of drug-likeness (QED) is 0.735. The summed E-state index contributed by atoms with van der Waals surface area (Å²) >= 11 is 0. The number of carbonyl (C=O) groups is 1. The smallest absolute Gasteiger partial charge is 0.123 e. The number of halogens is 1. The van der Waals surface area contributed by atoms with Crippen molar-refractivity contribution in [3.63, 3.8) is 0 Å². The van der Waals surface area contributed by atoms with Gasteiger partial charge in [-0.3, -0.25) is 0 Å². The second kappa shape index (κ2) is 5.58. The molecule has 92 valence electrons. The van der Waals surface area contributed by atoms with Gasteiger partial charge in [0.2, 0.25) is 0 Å². The molecule has 0 aromatic heterocycles. The summed E-state index contributed by atoms with van der Waals surface area (Å²) in [6.45, 7) is 2.03. The molecule has 2 heteroatoms. The Morgan fingerprint density at radius 3 is 2.00 bits per heavy atom. The number of benzene rings is 2.